The van der Waals surface area contributed by atoms with Crippen molar-refractivity contribution in [1.29, 1.82) is 0 Å². The number of benzene rings is 1. The topological polar surface area (TPSA) is 44.0 Å². The summed E-state index contributed by atoms with van der Waals surface area (Å²) in [6.45, 7) is 2.09. The van der Waals surface area contributed by atoms with Crippen LogP contribution in [-0.4, -0.2) is 15.1 Å². The summed E-state index contributed by atoms with van der Waals surface area (Å²) in [6.07, 6.45) is 3.76. The Morgan fingerprint density at radius 2 is 1.88 bits per heavy atom. The van der Waals surface area contributed by atoms with Crippen LogP contribution in [0, 0.1) is 6.92 Å². The number of nitrogens with zero attached hydrogens (tertiary/aromatic N) is 2. The highest BCUT2D eigenvalue weighted by Crippen LogP contribution is 2.40. The van der Waals surface area contributed by atoms with Gasteiger partial charge in [0.2, 0.25) is 0 Å². The Balaban J connectivity index is 1.80. The largest absolute Gasteiger partial charge is 0.363 e. The minimum absolute atomic E-state index is 0.00125. The van der Waals surface area contributed by atoms with Crippen molar-refractivity contribution in [2.75, 3.05) is 4.90 Å². The molecule has 0 amide bonds. The summed E-state index contributed by atoms with van der Waals surface area (Å²) in [6, 6.07) is 18.6. The second-order valence-corrected chi connectivity index (χ2v) is 6.34. The number of nitrogens with one attached hydrogen (secondary N) is 2. The molecular formula is C19H18N4S. The van der Waals surface area contributed by atoms with E-state index in [2.05, 4.69) is 57.4 Å². The van der Waals surface area contributed by atoms with Gasteiger partial charge in [-0.25, -0.2) is 0 Å². The monoisotopic (exact) mass is 334 g/mol. The lowest BCUT2D eigenvalue weighted by atomic mass is 10.0. The van der Waals surface area contributed by atoms with Gasteiger partial charge in [-0.3, -0.25) is 4.98 Å². The van der Waals surface area contributed by atoms with E-state index >= 15 is 0 Å². The van der Waals surface area contributed by atoms with E-state index in [0.29, 0.717) is 5.11 Å². The molecule has 120 valence electrons. The Labute approximate surface area is 146 Å². The number of aromatic nitrogens is 2. The van der Waals surface area contributed by atoms with E-state index in [0.717, 1.165) is 17.1 Å². The van der Waals surface area contributed by atoms with Gasteiger partial charge in [-0.2, -0.15) is 0 Å². The summed E-state index contributed by atoms with van der Waals surface area (Å²) < 4.78 is 0. The predicted molar refractivity (Wildman–Crippen MR) is 99.9 cm³/mol. The predicted octanol–water partition coefficient (Wildman–Crippen LogP) is 3.90. The number of thiocarbonyl (C=S) groups is 1. The maximum Gasteiger partial charge on any atom is 0.174 e. The zero-order valence-electron chi connectivity index (χ0n) is 13.3. The van der Waals surface area contributed by atoms with Crippen LogP contribution in [0.15, 0.2) is 67.0 Å². The molecule has 1 aliphatic heterocycles. The third kappa shape index (κ3) is 2.57. The molecule has 0 unspecified atom stereocenters. The molecule has 2 aromatic heterocycles. The molecule has 3 aromatic rings. The molecule has 2 atom stereocenters. The van der Waals surface area contributed by atoms with Crippen molar-refractivity contribution in [1.82, 2.24) is 15.3 Å². The second-order valence-electron chi connectivity index (χ2n) is 5.96. The number of rotatable bonds is 3. The third-order valence-electron chi connectivity index (χ3n) is 4.35. The van der Waals surface area contributed by atoms with E-state index in [9.17, 15) is 0 Å². The first kappa shape index (κ1) is 14.9. The van der Waals surface area contributed by atoms with Crippen molar-refractivity contribution in [2.24, 2.45) is 0 Å². The molecule has 0 spiro atoms. The maximum absolute atomic E-state index is 5.66. The Kier molecular flexibility index (Phi) is 3.78. The van der Waals surface area contributed by atoms with Crippen LogP contribution < -0.4 is 10.2 Å². The molecule has 4 rings (SSSR count). The van der Waals surface area contributed by atoms with E-state index in [1.165, 1.54) is 5.56 Å². The van der Waals surface area contributed by atoms with Crippen molar-refractivity contribution in [3.8, 4) is 0 Å². The fraction of sp³-hybridized carbons (Fsp3) is 0.158. The normalized spacial score (nSPS) is 20.2. The molecule has 1 fully saturated rings. The van der Waals surface area contributed by atoms with Gasteiger partial charge >= 0.3 is 0 Å². The van der Waals surface area contributed by atoms with E-state index in [1.807, 2.05) is 36.7 Å². The van der Waals surface area contributed by atoms with Crippen molar-refractivity contribution >= 4 is 23.0 Å². The molecule has 0 bridgehead atoms. The quantitative estimate of drug-likeness (QED) is 0.713. The zero-order chi connectivity index (χ0) is 16.5. The van der Waals surface area contributed by atoms with E-state index < -0.39 is 0 Å². The molecule has 0 aliphatic carbocycles. The third-order valence-corrected chi connectivity index (χ3v) is 4.67. The number of aryl methyl sites for hydroxylation is 1. The molecule has 1 saturated heterocycles. The fourth-order valence-corrected chi connectivity index (χ4v) is 3.53. The number of pyridine rings is 1. The lowest BCUT2D eigenvalue weighted by Crippen LogP contribution is -2.29. The number of H-pyrrole nitrogens is 1. The molecule has 1 aromatic carbocycles. The first-order valence-corrected chi connectivity index (χ1v) is 8.35. The second kappa shape index (κ2) is 6.09. The summed E-state index contributed by atoms with van der Waals surface area (Å²) in [5.41, 5.74) is 4.40. The highest BCUT2D eigenvalue weighted by Gasteiger charge is 2.41. The summed E-state index contributed by atoms with van der Waals surface area (Å²) in [5.74, 6) is 0. The van der Waals surface area contributed by atoms with Gasteiger partial charge in [-0.1, -0.05) is 23.8 Å². The Morgan fingerprint density at radius 3 is 2.54 bits per heavy atom. The standard InChI is InChI=1S/C19H18N4S/c1-13-7-9-14(10-8-13)23-18(16-6-4-12-21-16)17(22-19(23)24)15-5-2-3-11-20-15/h2-12,17-18,21H,1H3,(H,22,24)/t17-,18+/m0/s1. The molecule has 24 heavy (non-hydrogen) atoms. The fourth-order valence-electron chi connectivity index (χ4n) is 3.18. The Hall–Kier alpha value is -2.66. The maximum atomic E-state index is 5.66. The van der Waals surface area contributed by atoms with Crippen LogP contribution in [0.2, 0.25) is 0 Å². The van der Waals surface area contributed by atoms with Gasteiger partial charge in [0.1, 0.15) is 6.04 Å². The first-order valence-electron chi connectivity index (χ1n) is 7.94. The average molecular weight is 334 g/mol. The van der Waals surface area contributed by atoms with Crippen LogP contribution in [0.4, 0.5) is 5.69 Å². The number of hydrogen-bond acceptors (Lipinski definition) is 2. The van der Waals surface area contributed by atoms with Crippen LogP contribution in [-0.2, 0) is 0 Å². The van der Waals surface area contributed by atoms with E-state index in [-0.39, 0.29) is 12.1 Å². The molecule has 0 radical (unpaired) electrons. The summed E-state index contributed by atoms with van der Waals surface area (Å²) in [7, 11) is 0. The number of aromatic amines is 1. The molecule has 0 saturated carbocycles. The molecule has 1 aliphatic rings. The molecular weight excluding hydrogens is 316 g/mol. The van der Waals surface area contributed by atoms with E-state index in [4.69, 9.17) is 12.2 Å². The molecule has 3 heterocycles. The van der Waals surface area contributed by atoms with E-state index in [1.54, 1.807) is 0 Å². The average Bonchev–Trinajstić information content (AvgIpc) is 3.24. The SMILES string of the molecule is Cc1ccc(N2C(=S)N[C@@H](c3ccccn3)[C@H]2c2ccc[nH]2)cc1. The number of anilines is 1. The lowest BCUT2D eigenvalue weighted by molar-refractivity contribution is 0.558. The van der Waals surface area contributed by atoms with Gasteiger partial charge in [0.25, 0.3) is 0 Å². The van der Waals surface area contributed by atoms with Crippen LogP contribution >= 0.6 is 12.2 Å². The van der Waals surface area contributed by atoms with Gasteiger partial charge in [-0.15, -0.1) is 0 Å². The highest BCUT2D eigenvalue weighted by atomic mass is 32.1. The zero-order valence-corrected chi connectivity index (χ0v) is 14.1. The Bertz CT molecular complexity index is 828. The first-order chi connectivity index (χ1) is 11.7. The molecule has 5 heteroatoms. The minimum atomic E-state index is -0.00125. The van der Waals surface area contributed by atoms with Gasteiger partial charge in [-0.05, 0) is 55.5 Å². The van der Waals surface area contributed by atoms with Crippen LogP contribution in [0.5, 0.6) is 0 Å². The van der Waals surface area contributed by atoms with Gasteiger partial charge < -0.3 is 15.2 Å². The van der Waals surface area contributed by atoms with Crippen LogP contribution in [0.3, 0.4) is 0 Å². The summed E-state index contributed by atoms with van der Waals surface area (Å²) in [4.78, 5) is 10.0. The van der Waals surface area contributed by atoms with Crippen molar-refractivity contribution in [3.63, 3.8) is 0 Å². The number of hydrogen-bond donors (Lipinski definition) is 2. The van der Waals surface area contributed by atoms with Crippen molar-refractivity contribution in [3.05, 3.63) is 83.9 Å². The minimum Gasteiger partial charge on any atom is -0.363 e. The van der Waals surface area contributed by atoms with Gasteiger partial charge in [0.15, 0.2) is 5.11 Å². The van der Waals surface area contributed by atoms with Crippen molar-refractivity contribution in [2.45, 2.75) is 19.0 Å². The van der Waals surface area contributed by atoms with Crippen LogP contribution in [0.25, 0.3) is 0 Å². The highest BCUT2D eigenvalue weighted by molar-refractivity contribution is 7.80. The van der Waals surface area contributed by atoms with Crippen LogP contribution in [0.1, 0.15) is 29.0 Å². The van der Waals surface area contributed by atoms with Gasteiger partial charge in [0.05, 0.1) is 11.7 Å². The lowest BCUT2D eigenvalue weighted by Gasteiger charge is -2.27. The van der Waals surface area contributed by atoms with Crippen molar-refractivity contribution < 1.29 is 0 Å². The summed E-state index contributed by atoms with van der Waals surface area (Å²) in [5, 5.41) is 4.16. The summed E-state index contributed by atoms with van der Waals surface area (Å²) >= 11 is 5.66. The molecule has 2 N–H and O–H groups in total. The molecule has 4 nitrogen and oxygen atoms in total. The smallest absolute Gasteiger partial charge is 0.174 e. The Morgan fingerprint density at radius 1 is 1.04 bits per heavy atom. The van der Waals surface area contributed by atoms with Gasteiger partial charge in [0, 0.05) is 23.8 Å².